The molecule has 102 valence electrons. The molecule has 0 aliphatic carbocycles. The quantitative estimate of drug-likeness (QED) is 0.812. The molecule has 0 fully saturated rings. The predicted octanol–water partition coefficient (Wildman–Crippen LogP) is 3.34. The lowest BCUT2D eigenvalue weighted by Gasteiger charge is -2.17. The topological polar surface area (TPSA) is 63.8 Å². The second kappa shape index (κ2) is 6.57. The molecule has 18 heavy (non-hydrogen) atoms. The van der Waals surface area contributed by atoms with Gasteiger partial charge < -0.3 is 11.1 Å². The van der Waals surface area contributed by atoms with Crippen molar-refractivity contribution < 1.29 is 0 Å². The average Bonchev–Trinajstić information content (AvgIpc) is 2.34. The van der Waals surface area contributed by atoms with Gasteiger partial charge in [-0.25, -0.2) is 9.97 Å². The van der Waals surface area contributed by atoms with Gasteiger partial charge in [-0.05, 0) is 12.8 Å². The van der Waals surface area contributed by atoms with Crippen LogP contribution in [0, 0.1) is 12.8 Å². The Morgan fingerprint density at radius 1 is 1.17 bits per heavy atom. The molecule has 1 rings (SSSR count). The average molecular weight is 250 g/mol. The molecule has 0 aromatic carbocycles. The first-order valence-corrected chi connectivity index (χ1v) is 6.87. The molecule has 0 amide bonds. The van der Waals surface area contributed by atoms with Crippen molar-refractivity contribution >= 4 is 11.6 Å². The van der Waals surface area contributed by atoms with Gasteiger partial charge in [-0.15, -0.1) is 0 Å². The summed E-state index contributed by atoms with van der Waals surface area (Å²) in [6, 6.07) is 0. The minimum Gasteiger partial charge on any atom is -0.383 e. The Morgan fingerprint density at radius 3 is 2.28 bits per heavy atom. The molecular weight excluding hydrogens is 224 g/mol. The van der Waals surface area contributed by atoms with Gasteiger partial charge in [0.25, 0.3) is 0 Å². The molecule has 4 heteroatoms. The summed E-state index contributed by atoms with van der Waals surface area (Å²) in [6.45, 7) is 11.5. The van der Waals surface area contributed by atoms with Gasteiger partial charge in [0.15, 0.2) is 0 Å². The fourth-order valence-corrected chi connectivity index (χ4v) is 1.80. The highest BCUT2D eigenvalue weighted by Gasteiger charge is 2.12. The highest BCUT2D eigenvalue weighted by Crippen LogP contribution is 2.21. The van der Waals surface area contributed by atoms with Crippen molar-refractivity contribution in [2.24, 2.45) is 5.92 Å². The number of anilines is 2. The van der Waals surface area contributed by atoms with E-state index in [4.69, 9.17) is 5.73 Å². The van der Waals surface area contributed by atoms with Crippen LogP contribution in [0.15, 0.2) is 0 Å². The van der Waals surface area contributed by atoms with Crippen LogP contribution in [-0.4, -0.2) is 16.5 Å². The van der Waals surface area contributed by atoms with Gasteiger partial charge in [0.1, 0.15) is 17.5 Å². The first-order chi connectivity index (χ1) is 8.49. The SMILES string of the molecule is CCC(CC)CNc1nc(C(C)C)nc(N)c1C. The maximum atomic E-state index is 5.94. The zero-order chi connectivity index (χ0) is 13.7. The maximum absolute atomic E-state index is 5.94. The molecule has 1 aromatic heterocycles. The molecule has 0 radical (unpaired) electrons. The summed E-state index contributed by atoms with van der Waals surface area (Å²) in [6.07, 6.45) is 2.36. The van der Waals surface area contributed by atoms with Crippen LogP contribution in [0.5, 0.6) is 0 Å². The highest BCUT2D eigenvalue weighted by molar-refractivity contribution is 5.54. The van der Waals surface area contributed by atoms with Crippen molar-refractivity contribution in [3.63, 3.8) is 0 Å². The summed E-state index contributed by atoms with van der Waals surface area (Å²) in [7, 11) is 0. The van der Waals surface area contributed by atoms with Crippen LogP contribution in [0.25, 0.3) is 0 Å². The summed E-state index contributed by atoms with van der Waals surface area (Å²) in [4.78, 5) is 8.90. The number of hydrogen-bond donors (Lipinski definition) is 2. The largest absolute Gasteiger partial charge is 0.383 e. The van der Waals surface area contributed by atoms with E-state index in [0.717, 1.165) is 23.8 Å². The number of aromatic nitrogens is 2. The Labute approximate surface area is 110 Å². The van der Waals surface area contributed by atoms with E-state index < -0.39 is 0 Å². The van der Waals surface area contributed by atoms with Gasteiger partial charge in [0, 0.05) is 18.0 Å². The van der Waals surface area contributed by atoms with Crippen molar-refractivity contribution in [1.29, 1.82) is 0 Å². The van der Waals surface area contributed by atoms with Crippen molar-refractivity contribution in [3.05, 3.63) is 11.4 Å². The summed E-state index contributed by atoms with van der Waals surface area (Å²) in [5.74, 6) is 3.26. The highest BCUT2D eigenvalue weighted by atomic mass is 15.1. The summed E-state index contributed by atoms with van der Waals surface area (Å²) >= 11 is 0. The second-order valence-corrected chi connectivity index (χ2v) is 5.16. The van der Waals surface area contributed by atoms with Gasteiger partial charge in [0.2, 0.25) is 0 Å². The van der Waals surface area contributed by atoms with Gasteiger partial charge in [-0.2, -0.15) is 0 Å². The molecular formula is C14H26N4. The van der Waals surface area contributed by atoms with E-state index in [2.05, 4.69) is 43.0 Å². The van der Waals surface area contributed by atoms with Crippen molar-refractivity contribution in [1.82, 2.24) is 9.97 Å². The Morgan fingerprint density at radius 2 is 1.78 bits per heavy atom. The molecule has 0 unspecified atom stereocenters. The molecule has 1 heterocycles. The first-order valence-electron chi connectivity index (χ1n) is 6.87. The summed E-state index contributed by atoms with van der Waals surface area (Å²) in [5, 5.41) is 3.42. The normalized spacial score (nSPS) is 11.3. The van der Waals surface area contributed by atoms with E-state index in [9.17, 15) is 0 Å². The molecule has 1 aromatic rings. The molecule has 3 N–H and O–H groups in total. The van der Waals surface area contributed by atoms with Gasteiger partial charge in [-0.1, -0.05) is 40.5 Å². The molecule has 4 nitrogen and oxygen atoms in total. The van der Waals surface area contributed by atoms with E-state index >= 15 is 0 Å². The fourth-order valence-electron chi connectivity index (χ4n) is 1.80. The standard InChI is InChI=1S/C14H26N4/c1-6-11(7-2)8-16-14-10(5)12(15)17-13(18-14)9(3)4/h9,11H,6-8H2,1-5H3,(H3,15,16,17,18). The van der Waals surface area contributed by atoms with E-state index in [1.807, 2.05) is 6.92 Å². The Hall–Kier alpha value is -1.32. The third-order valence-electron chi connectivity index (χ3n) is 3.43. The minimum atomic E-state index is 0.293. The molecule has 0 spiro atoms. The third-order valence-corrected chi connectivity index (χ3v) is 3.43. The number of nitrogens with two attached hydrogens (primary N) is 1. The monoisotopic (exact) mass is 250 g/mol. The van der Waals surface area contributed by atoms with Crippen LogP contribution < -0.4 is 11.1 Å². The number of rotatable bonds is 6. The zero-order valence-electron chi connectivity index (χ0n) is 12.2. The van der Waals surface area contributed by atoms with Crippen LogP contribution in [-0.2, 0) is 0 Å². The summed E-state index contributed by atoms with van der Waals surface area (Å²) < 4.78 is 0. The van der Waals surface area contributed by atoms with Gasteiger partial charge in [-0.3, -0.25) is 0 Å². The van der Waals surface area contributed by atoms with Crippen LogP contribution in [0.2, 0.25) is 0 Å². The van der Waals surface area contributed by atoms with Crippen LogP contribution in [0.3, 0.4) is 0 Å². The van der Waals surface area contributed by atoms with E-state index in [1.54, 1.807) is 0 Å². The Balaban J connectivity index is 2.87. The van der Waals surface area contributed by atoms with E-state index in [0.29, 0.717) is 17.7 Å². The predicted molar refractivity (Wildman–Crippen MR) is 77.8 cm³/mol. The number of hydrogen-bond acceptors (Lipinski definition) is 4. The number of nitrogens with zero attached hydrogens (tertiary/aromatic N) is 2. The minimum absolute atomic E-state index is 0.293. The van der Waals surface area contributed by atoms with Gasteiger partial charge >= 0.3 is 0 Å². The third kappa shape index (κ3) is 3.59. The van der Waals surface area contributed by atoms with Gasteiger partial charge in [0.05, 0.1) is 0 Å². The lowest BCUT2D eigenvalue weighted by atomic mass is 10.0. The molecule has 0 bridgehead atoms. The first kappa shape index (κ1) is 14.7. The van der Waals surface area contributed by atoms with Crippen molar-refractivity contribution in [2.45, 2.75) is 53.4 Å². The van der Waals surface area contributed by atoms with E-state index in [-0.39, 0.29) is 0 Å². The lowest BCUT2D eigenvalue weighted by Crippen LogP contribution is -2.16. The summed E-state index contributed by atoms with van der Waals surface area (Å²) in [5.41, 5.74) is 6.89. The molecule has 0 aliphatic heterocycles. The van der Waals surface area contributed by atoms with Crippen LogP contribution in [0.4, 0.5) is 11.6 Å². The Bertz CT molecular complexity index is 384. The van der Waals surface area contributed by atoms with Crippen LogP contribution >= 0.6 is 0 Å². The molecule has 0 saturated heterocycles. The fraction of sp³-hybridized carbons (Fsp3) is 0.714. The molecule has 0 saturated carbocycles. The number of nitrogen functional groups attached to an aromatic ring is 1. The molecule has 0 atom stereocenters. The van der Waals surface area contributed by atoms with Crippen molar-refractivity contribution in [3.8, 4) is 0 Å². The van der Waals surface area contributed by atoms with Crippen molar-refractivity contribution in [2.75, 3.05) is 17.6 Å². The number of nitrogens with one attached hydrogen (secondary N) is 1. The zero-order valence-corrected chi connectivity index (χ0v) is 12.2. The Kier molecular flexibility index (Phi) is 5.38. The smallest absolute Gasteiger partial charge is 0.135 e. The maximum Gasteiger partial charge on any atom is 0.135 e. The molecule has 0 aliphatic rings. The van der Waals surface area contributed by atoms with Crippen LogP contribution in [0.1, 0.15) is 57.8 Å². The lowest BCUT2D eigenvalue weighted by molar-refractivity contribution is 0.518. The second-order valence-electron chi connectivity index (χ2n) is 5.16. The van der Waals surface area contributed by atoms with E-state index in [1.165, 1.54) is 12.8 Å².